The molecule has 0 amide bonds. The molecule has 6 N–H and O–H groups in total. The van der Waals surface area contributed by atoms with Crippen molar-refractivity contribution in [2.45, 2.75) is 50.2 Å². The minimum atomic E-state index is -2.34. The van der Waals surface area contributed by atoms with Gasteiger partial charge in [0.05, 0.1) is 42.5 Å². The number of benzene rings is 3. The van der Waals surface area contributed by atoms with Gasteiger partial charge in [0, 0.05) is 130 Å². The summed E-state index contributed by atoms with van der Waals surface area (Å²) in [5.74, 6) is -6.35. The Morgan fingerprint density at radius 1 is 0.541 bits per heavy atom. The van der Waals surface area contributed by atoms with Crippen LogP contribution in [0.4, 0.5) is 22.0 Å². The van der Waals surface area contributed by atoms with E-state index in [2.05, 4.69) is 72.7 Å². The number of nitrogens with zero attached hydrogens (tertiary/aromatic N) is 9. The predicted octanol–water partition coefficient (Wildman–Crippen LogP) is 8.98. The highest BCUT2D eigenvalue weighted by Crippen LogP contribution is 2.42. The minimum absolute atomic E-state index is 0.0345. The molecule has 0 bridgehead atoms. The van der Waals surface area contributed by atoms with E-state index in [-0.39, 0.29) is 75.3 Å². The first-order valence-electron chi connectivity index (χ1n) is 29.8. The summed E-state index contributed by atoms with van der Waals surface area (Å²) in [6.07, 6.45) is 4.86. The van der Waals surface area contributed by atoms with Crippen LogP contribution in [0.1, 0.15) is 70.6 Å². The average Bonchev–Trinajstić information content (AvgIpc) is 1.04. The molecule has 6 aliphatic rings. The third kappa shape index (κ3) is 16.4. The molecule has 3 fully saturated rings. The number of carbonyl (C=O) groups excluding carboxylic acids is 3. The number of aromatic nitrogens is 3. The van der Waals surface area contributed by atoms with E-state index in [9.17, 15) is 55.8 Å². The van der Waals surface area contributed by atoms with Crippen LogP contribution in [0.15, 0.2) is 147 Å². The van der Waals surface area contributed by atoms with Crippen LogP contribution in [-0.4, -0.2) is 188 Å². The number of carbonyl (C=O) groups is 6. The van der Waals surface area contributed by atoms with Gasteiger partial charge in [-0.2, -0.15) is 0 Å². The molecule has 35 heteroatoms. The van der Waals surface area contributed by atoms with E-state index in [1.165, 1.54) is 76.5 Å². The molecule has 6 aromatic rings. The second kappa shape index (κ2) is 31.3. The summed E-state index contributed by atoms with van der Waals surface area (Å²) in [5, 5.41) is 43.9. The van der Waals surface area contributed by atoms with Gasteiger partial charge in [-0.25, -0.2) is 60.9 Å². The quantitative estimate of drug-likeness (QED) is 0.0222. The summed E-state index contributed by atoms with van der Waals surface area (Å²) in [4.78, 5) is 104. The fourth-order valence-electron chi connectivity index (χ4n) is 11.0. The molecule has 0 spiro atoms. The maximum Gasteiger partial charge on any atom is 0.344 e. The number of carboxylic acid groups (broad SMARTS) is 3. The Morgan fingerprint density at radius 3 is 1.16 bits per heavy atom. The first-order chi connectivity index (χ1) is 46.8. The van der Waals surface area contributed by atoms with E-state index in [1.807, 2.05) is 10.3 Å². The molecule has 0 radical (unpaired) electrons. The van der Waals surface area contributed by atoms with Gasteiger partial charge in [-0.3, -0.25) is 34.5 Å². The minimum Gasteiger partial charge on any atom is -0.481 e. The van der Waals surface area contributed by atoms with Crippen LogP contribution in [0, 0.1) is 23.4 Å². The molecule has 0 aliphatic carbocycles. The topological polar surface area (TPSA) is 312 Å². The number of aliphatic carboxylic acids is 3. The summed E-state index contributed by atoms with van der Waals surface area (Å²) in [6.45, 7) is 5.29. The molecule has 6 aliphatic heterocycles. The average molecular weight is 1560 g/mol. The predicted molar refractivity (Wildman–Crippen MR) is 358 cm³/mol. The second-order valence-corrected chi connectivity index (χ2v) is 27.2. The fourth-order valence-corrected chi connectivity index (χ4v) is 14.2. The molecular formula is C63H58Br2ClF5N12O12S3. The Labute approximate surface area is 589 Å². The lowest BCUT2D eigenvalue weighted by Crippen LogP contribution is -2.64. The highest BCUT2D eigenvalue weighted by atomic mass is 79.9. The van der Waals surface area contributed by atoms with Gasteiger partial charge in [0.1, 0.15) is 35.6 Å². The number of hydrogen-bond acceptors (Lipinski definition) is 24. The fraction of sp³-hybridized carbons (Fsp3) is 0.333. The smallest absolute Gasteiger partial charge is 0.344 e. The summed E-state index contributed by atoms with van der Waals surface area (Å²) in [5.41, 5.74) is -1.25. The van der Waals surface area contributed by atoms with Crippen LogP contribution in [0.25, 0.3) is 0 Å². The number of carboxylic acids is 3. The van der Waals surface area contributed by atoms with Gasteiger partial charge in [-0.05, 0) is 68.3 Å². The molecule has 9 heterocycles. The summed E-state index contributed by atoms with van der Waals surface area (Å²) in [7, 11) is 0. The van der Waals surface area contributed by atoms with Crippen LogP contribution in [0.2, 0.25) is 5.02 Å². The maximum atomic E-state index is 14.3. The van der Waals surface area contributed by atoms with Gasteiger partial charge in [-0.1, -0.05) is 61.7 Å². The van der Waals surface area contributed by atoms with Crippen molar-refractivity contribution in [1.82, 2.24) is 45.6 Å². The number of halogens is 8. The largest absolute Gasteiger partial charge is 0.481 e. The van der Waals surface area contributed by atoms with Gasteiger partial charge >= 0.3 is 35.8 Å². The first-order valence-corrected chi connectivity index (χ1v) is 34.4. The van der Waals surface area contributed by atoms with Crippen LogP contribution in [-0.2, 0) is 43.0 Å². The van der Waals surface area contributed by atoms with Crippen molar-refractivity contribution in [3.8, 4) is 0 Å². The number of nitrogens with one attached hydrogen (secondary N) is 3. The third-order valence-corrected chi connectivity index (χ3v) is 19.7. The molecule has 98 heavy (non-hydrogen) atoms. The summed E-state index contributed by atoms with van der Waals surface area (Å²) >= 11 is 17.1. The van der Waals surface area contributed by atoms with Gasteiger partial charge in [0.2, 0.25) is 11.3 Å². The van der Waals surface area contributed by atoms with Crippen LogP contribution < -0.4 is 16.0 Å². The highest BCUT2D eigenvalue weighted by Gasteiger charge is 2.52. The summed E-state index contributed by atoms with van der Waals surface area (Å²) in [6, 6.07) is 9.51. The van der Waals surface area contributed by atoms with Gasteiger partial charge in [0.15, 0.2) is 32.5 Å². The summed E-state index contributed by atoms with van der Waals surface area (Å²) < 4.78 is 86.5. The number of esters is 3. The zero-order chi connectivity index (χ0) is 70.3. The Bertz CT molecular complexity index is 4070. The molecule has 24 nitrogen and oxygen atoms in total. The number of likely N-dealkylation sites (tertiary alicyclic amines) is 3. The first kappa shape index (κ1) is 72.5. The lowest BCUT2D eigenvalue weighted by atomic mass is 9.93. The highest BCUT2D eigenvalue weighted by molar-refractivity contribution is 9.10. The Kier molecular flexibility index (Phi) is 23.2. The van der Waals surface area contributed by atoms with Crippen molar-refractivity contribution in [1.29, 1.82) is 0 Å². The number of aliphatic imine (C=N–C) groups is 3. The van der Waals surface area contributed by atoms with Crippen molar-refractivity contribution in [2.24, 2.45) is 20.9 Å². The number of thiazole rings is 3. The van der Waals surface area contributed by atoms with Gasteiger partial charge < -0.3 is 45.5 Å². The number of rotatable bonds is 21. The molecule has 3 saturated heterocycles. The lowest BCUT2D eigenvalue weighted by molar-refractivity contribution is -0.163. The van der Waals surface area contributed by atoms with Crippen LogP contribution in [0.3, 0.4) is 0 Å². The number of hydrogen-bond donors (Lipinski definition) is 6. The van der Waals surface area contributed by atoms with Gasteiger partial charge in [0.25, 0.3) is 0 Å². The lowest BCUT2D eigenvalue weighted by Gasteiger charge is -2.42. The number of ether oxygens (including phenoxy) is 3. The molecule has 3 aromatic heterocycles. The van der Waals surface area contributed by atoms with Crippen LogP contribution in [0.5, 0.6) is 0 Å². The molecule has 3 aromatic carbocycles. The van der Waals surface area contributed by atoms with E-state index in [0.29, 0.717) is 100 Å². The van der Waals surface area contributed by atoms with Crippen molar-refractivity contribution in [3.05, 3.63) is 186 Å². The molecule has 516 valence electrons. The SMILES string of the molecule is CCOC(=O)C1=C(CN2CC(C(=O)O)C2)NC(c2nccs2)=NC1c1ccc(F)cc1Br.CCOC(=O)C1=C(CN2CC(F)(C(=O)O)C2)NC(c2nccs2)=NC1c1ccc(F)cc1Br.CCOC(=O)C1=C(CN2CC(F)(C(=O)O)C2)NC(c2nccs2)=NC1c1ccc(F)cc1Cl. The molecule has 3 atom stereocenters. The van der Waals surface area contributed by atoms with E-state index in [0.717, 1.165) is 6.07 Å². The van der Waals surface area contributed by atoms with Gasteiger partial charge in [-0.15, -0.1) is 34.0 Å². The van der Waals surface area contributed by atoms with Crippen molar-refractivity contribution in [3.63, 3.8) is 0 Å². The van der Waals surface area contributed by atoms with E-state index < -0.39 is 88.6 Å². The van der Waals surface area contributed by atoms with Crippen molar-refractivity contribution in [2.75, 3.05) is 78.7 Å². The standard InChI is InChI=1S/C21H19BrF2N4O4S.C21H20BrFN4O4S.C21H19ClF2N4O4S/c1-2-32-19(29)15-14(8-28-9-21(24,10-28)20(30)31)26-17(18-25-5-6-33-18)27-16(15)12-4-3-11(23)7-13(12)22;1-2-31-21(30)16-15(10-27-8-11(9-27)20(28)29)25-18(19-24-5-6-32-19)26-17(16)13-4-3-12(23)7-14(13)22;1-2-32-19(29)15-14(8-28-9-21(24,10-28)20(30)31)26-17(18-25-5-6-33-18)27-16(15)12-4-3-11(23)7-13(12)22/h3-7,16H,2,8-10H2,1H3,(H,26,27)(H,30,31);3-7,11,17H,2,8-10H2,1H3,(H,25,26)(H,28,29);3-7,16H,2,8-10H2,1H3,(H,26,27)(H,30,31). The second-order valence-electron chi connectivity index (χ2n) is 22.4. The normalized spacial score (nSPS) is 19.7. The zero-order valence-electron chi connectivity index (χ0n) is 51.7. The van der Waals surface area contributed by atoms with Crippen molar-refractivity contribution < 1.29 is 80.2 Å². The number of alkyl halides is 2. The molecular weight excluding hydrogens is 1500 g/mol. The third-order valence-electron chi connectivity index (χ3n) is 15.7. The maximum absolute atomic E-state index is 14.3. The Balaban J connectivity index is 0.000000159. The molecule has 0 saturated carbocycles. The number of amidine groups is 3. The molecule has 3 unspecified atom stereocenters. The Morgan fingerprint density at radius 2 is 0.867 bits per heavy atom. The van der Waals surface area contributed by atoms with E-state index in [1.54, 1.807) is 66.0 Å². The molecule has 12 rings (SSSR count). The Hall–Kier alpha value is -8.22. The monoisotopic (exact) mass is 1560 g/mol. The van der Waals surface area contributed by atoms with Crippen LogP contribution >= 0.6 is 77.5 Å². The zero-order valence-corrected chi connectivity index (χ0v) is 58.1. The van der Waals surface area contributed by atoms with E-state index in [4.69, 9.17) is 41.0 Å². The van der Waals surface area contributed by atoms with Crippen molar-refractivity contribution >= 4 is 131 Å². The van der Waals surface area contributed by atoms with E-state index >= 15 is 0 Å².